The van der Waals surface area contributed by atoms with Crippen LogP contribution in [-0.2, 0) is 5.41 Å². The Balaban J connectivity index is 1.22. The molecule has 238 valence electrons. The number of rotatable bonds is 4. The van der Waals surface area contributed by atoms with Crippen LogP contribution in [0.3, 0.4) is 0 Å². The molecule has 8 aromatic carbocycles. The lowest BCUT2D eigenvalue weighted by molar-refractivity contribution is 0.769. The molecule has 51 heavy (non-hydrogen) atoms. The van der Waals surface area contributed by atoms with Crippen molar-refractivity contribution in [3.63, 3.8) is 0 Å². The molecule has 0 aliphatic heterocycles. The molecule has 0 amide bonds. The Kier molecular flexibility index (Phi) is 6.11. The van der Waals surface area contributed by atoms with Gasteiger partial charge in [-0.2, -0.15) is 0 Å². The number of para-hydroxylation sites is 2. The van der Waals surface area contributed by atoms with E-state index in [2.05, 4.69) is 193 Å². The summed E-state index contributed by atoms with van der Waals surface area (Å²) in [5.74, 6) is 0. The normalized spacial score (nSPS) is 13.3. The second-order valence-corrected chi connectivity index (χ2v) is 14.7. The van der Waals surface area contributed by atoms with Crippen molar-refractivity contribution in [3.8, 4) is 27.9 Å². The molecular formula is C49H31NS. The number of fused-ring (bicyclic) bond motifs is 10. The van der Waals surface area contributed by atoms with Crippen molar-refractivity contribution >= 4 is 53.3 Å². The fourth-order valence-corrected chi connectivity index (χ4v) is 10.2. The molecule has 0 atom stereocenters. The Labute approximate surface area is 300 Å². The summed E-state index contributed by atoms with van der Waals surface area (Å²) >= 11 is 1.92. The largest absolute Gasteiger partial charge is 0.309 e. The zero-order valence-corrected chi connectivity index (χ0v) is 28.6. The molecule has 0 N–H and O–H groups in total. The predicted molar refractivity (Wildman–Crippen MR) is 216 cm³/mol. The molecule has 1 aliphatic carbocycles. The molecule has 1 aliphatic rings. The van der Waals surface area contributed by atoms with E-state index in [1.54, 1.807) is 0 Å². The van der Waals surface area contributed by atoms with E-state index in [4.69, 9.17) is 0 Å². The van der Waals surface area contributed by atoms with Crippen molar-refractivity contribution in [1.29, 1.82) is 0 Å². The fraction of sp³-hybridized carbons (Fsp3) is 0.0204. The SMILES string of the molecule is c1ccc(-n2c3ccccc3c3ccc(-c4ccc5c(c4)C(c4ccccc4)(c4ccccc4)c4ccc6c(sc7ccccc76)c4-5)cc32)cc1. The number of hydrogen-bond donors (Lipinski definition) is 0. The van der Waals surface area contributed by atoms with E-state index in [1.165, 1.54) is 92.2 Å². The lowest BCUT2D eigenvalue weighted by Crippen LogP contribution is -2.28. The molecule has 0 radical (unpaired) electrons. The van der Waals surface area contributed by atoms with E-state index >= 15 is 0 Å². The summed E-state index contributed by atoms with van der Waals surface area (Å²) < 4.78 is 5.11. The van der Waals surface area contributed by atoms with Crippen LogP contribution in [0.1, 0.15) is 22.3 Å². The minimum Gasteiger partial charge on any atom is -0.309 e. The summed E-state index contributed by atoms with van der Waals surface area (Å²) in [7, 11) is 0. The van der Waals surface area contributed by atoms with Gasteiger partial charge in [0.25, 0.3) is 0 Å². The van der Waals surface area contributed by atoms with Gasteiger partial charge in [-0.25, -0.2) is 0 Å². The predicted octanol–water partition coefficient (Wildman–Crippen LogP) is 13.2. The Hall–Kier alpha value is -6.22. The van der Waals surface area contributed by atoms with E-state index < -0.39 is 5.41 Å². The highest BCUT2D eigenvalue weighted by molar-refractivity contribution is 7.26. The monoisotopic (exact) mass is 665 g/mol. The first-order chi connectivity index (χ1) is 25.3. The third-order valence-electron chi connectivity index (χ3n) is 11.1. The number of thiophene rings is 1. The van der Waals surface area contributed by atoms with Gasteiger partial charge in [0.1, 0.15) is 0 Å². The van der Waals surface area contributed by atoms with E-state index in [-0.39, 0.29) is 0 Å². The Morgan fingerprint density at radius 1 is 0.412 bits per heavy atom. The average Bonchev–Trinajstić information content (AvgIpc) is 3.85. The van der Waals surface area contributed by atoms with Crippen LogP contribution < -0.4 is 0 Å². The number of hydrogen-bond acceptors (Lipinski definition) is 1. The molecule has 0 bridgehead atoms. The van der Waals surface area contributed by atoms with Crippen molar-refractivity contribution in [2.24, 2.45) is 0 Å². The van der Waals surface area contributed by atoms with Gasteiger partial charge in [-0.05, 0) is 75.3 Å². The van der Waals surface area contributed by atoms with Crippen LogP contribution in [0.2, 0.25) is 0 Å². The maximum absolute atomic E-state index is 2.49. The third-order valence-corrected chi connectivity index (χ3v) is 12.3. The minimum atomic E-state index is -0.476. The van der Waals surface area contributed by atoms with Gasteiger partial charge < -0.3 is 4.57 Å². The van der Waals surface area contributed by atoms with Crippen LogP contribution in [0.25, 0.3) is 69.9 Å². The molecule has 10 aromatic rings. The molecule has 11 rings (SSSR count). The lowest BCUT2D eigenvalue weighted by Gasteiger charge is -2.34. The van der Waals surface area contributed by atoms with Gasteiger partial charge in [0.15, 0.2) is 0 Å². The summed E-state index contributed by atoms with van der Waals surface area (Å²) in [6.07, 6.45) is 0. The zero-order chi connectivity index (χ0) is 33.5. The van der Waals surface area contributed by atoms with Crippen molar-refractivity contribution in [1.82, 2.24) is 4.57 Å². The average molecular weight is 666 g/mol. The summed E-state index contributed by atoms with van der Waals surface area (Å²) in [6.45, 7) is 0. The molecular weight excluding hydrogens is 635 g/mol. The van der Waals surface area contributed by atoms with Gasteiger partial charge in [0.05, 0.1) is 16.4 Å². The van der Waals surface area contributed by atoms with Crippen molar-refractivity contribution < 1.29 is 0 Å². The summed E-state index contributed by atoms with van der Waals surface area (Å²) in [5.41, 5.74) is 13.5. The molecule has 2 heterocycles. The highest BCUT2D eigenvalue weighted by Gasteiger charge is 2.47. The Morgan fingerprint density at radius 3 is 1.76 bits per heavy atom. The van der Waals surface area contributed by atoms with Crippen molar-refractivity contribution in [2.45, 2.75) is 5.41 Å². The van der Waals surface area contributed by atoms with Crippen LogP contribution in [0.5, 0.6) is 0 Å². The van der Waals surface area contributed by atoms with Crippen LogP contribution in [-0.4, -0.2) is 4.57 Å². The quantitative estimate of drug-likeness (QED) is 0.176. The molecule has 0 unspecified atom stereocenters. The molecule has 2 heteroatoms. The third kappa shape index (κ3) is 3.97. The summed E-state index contributed by atoms with van der Waals surface area (Å²) in [5, 5.41) is 5.20. The van der Waals surface area contributed by atoms with Crippen molar-refractivity contribution in [3.05, 3.63) is 210 Å². The molecule has 1 nitrogen and oxygen atoms in total. The molecule has 0 saturated carbocycles. The first-order valence-electron chi connectivity index (χ1n) is 17.6. The second kappa shape index (κ2) is 10.9. The van der Waals surface area contributed by atoms with E-state index in [1.807, 2.05) is 11.3 Å². The topological polar surface area (TPSA) is 4.93 Å². The van der Waals surface area contributed by atoms with E-state index in [9.17, 15) is 0 Å². The molecule has 2 aromatic heterocycles. The van der Waals surface area contributed by atoms with Gasteiger partial charge >= 0.3 is 0 Å². The first-order valence-corrected chi connectivity index (χ1v) is 18.4. The number of aromatic nitrogens is 1. The minimum absolute atomic E-state index is 0.476. The number of benzene rings is 8. The van der Waals surface area contributed by atoms with E-state index in [0.29, 0.717) is 0 Å². The molecule has 0 saturated heterocycles. The lowest BCUT2D eigenvalue weighted by atomic mass is 9.67. The number of nitrogens with zero attached hydrogens (tertiary/aromatic N) is 1. The van der Waals surface area contributed by atoms with Crippen LogP contribution in [0.4, 0.5) is 0 Å². The molecule has 0 spiro atoms. The van der Waals surface area contributed by atoms with Gasteiger partial charge in [0, 0.05) is 42.2 Å². The van der Waals surface area contributed by atoms with Gasteiger partial charge in [-0.15, -0.1) is 11.3 Å². The summed E-state index contributed by atoms with van der Waals surface area (Å²) in [4.78, 5) is 0. The highest BCUT2D eigenvalue weighted by Crippen LogP contribution is 2.59. The smallest absolute Gasteiger partial charge is 0.0714 e. The maximum Gasteiger partial charge on any atom is 0.0714 e. The molecule has 0 fully saturated rings. The highest BCUT2D eigenvalue weighted by atomic mass is 32.1. The van der Waals surface area contributed by atoms with Crippen molar-refractivity contribution in [2.75, 3.05) is 0 Å². The maximum atomic E-state index is 2.49. The fourth-order valence-electron chi connectivity index (χ4n) is 8.94. The van der Waals surface area contributed by atoms with Gasteiger partial charge in [0.2, 0.25) is 0 Å². The first kappa shape index (κ1) is 28.6. The zero-order valence-electron chi connectivity index (χ0n) is 27.8. The second-order valence-electron chi connectivity index (χ2n) is 13.6. The van der Waals surface area contributed by atoms with Crippen LogP contribution in [0, 0.1) is 0 Å². The van der Waals surface area contributed by atoms with Crippen LogP contribution in [0.15, 0.2) is 188 Å². The Morgan fingerprint density at radius 2 is 1.00 bits per heavy atom. The standard InChI is InChI=1S/C49H31NS/c1-4-14-34(15-5-1)49(35-16-6-2-7-17-35)42-29-28-40-39-21-11-13-23-46(39)51-48(40)47(42)41-27-25-32(30-43(41)49)33-24-26-38-37-20-10-12-22-44(37)50(45(38)31-33)36-18-8-3-9-19-36/h1-31H. The summed E-state index contributed by atoms with van der Waals surface area (Å²) in [6, 6.07) is 69.7. The van der Waals surface area contributed by atoms with Gasteiger partial charge in [-0.1, -0.05) is 152 Å². The Bertz CT molecular complexity index is 2910. The van der Waals surface area contributed by atoms with Crippen LogP contribution >= 0.6 is 11.3 Å². The van der Waals surface area contributed by atoms with Gasteiger partial charge in [-0.3, -0.25) is 0 Å². The van der Waals surface area contributed by atoms with E-state index in [0.717, 1.165) is 0 Å².